The zero-order valence-corrected chi connectivity index (χ0v) is 22.9. The molecule has 0 spiro atoms. The Balaban J connectivity index is 1.51. The molecular formula is C29H32N4O6S. The van der Waals surface area contributed by atoms with Crippen molar-refractivity contribution >= 4 is 27.6 Å². The number of carbonyl (C=O) groups excluding carboxylic acids is 2. The van der Waals surface area contributed by atoms with E-state index in [9.17, 15) is 18.0 Å². The Morgan fingerprint density at radius 3 is 2.27 bits per heavy atom. The van der Waals surface area contributed by atoms with Gasteiger partial charge >= 0.3 is 6.03 Å². The lowest BCUT2D eigenvalue weighted by atomic mass is 9.90. The van der Waals surface area contributed by atoms with Gasteiger partial charge < -0.3 is 25.4 Å². The van der Waals surface area contributed by atoms with Gasteiger partial charge in [0.15, 0.2) is 0 Å². The van der Waals surface area contributed by atoms with E-state index in [-0.39, 0.29) is 36.4 Å². The number of rotatable bonds is 8. The molecule has 3 unspecified atom stereocenters. The zero-order chi connectivity index (χ0) is 28.3. The van der Waals surface area contributed by atoms with E-state index in [1.54, 1.807) is 17.0 Å². The third-order valence-corrected chi connectivity index (χ3v) is 9.50. The van der Waals surface area contributed by atoms with E-state index in [1.165, 1.54) is 31.4 Å². The highest BCUT2D eigenvalue weighted by atomic mass is 32.2. The molecule has 3 aromatic carbocycles. The quantitative estimate of drug-likeness (QED) is 0.431. The van der Waals surface area contributed by atoms with Crippen LogP contribution in [0, 0.1) is 5.92 Å². The molecule has 3 amide bonds. The van der Waals surface area contributed by atoms with E-state index >= 15 is 0 Å². The minimum absolute atomic E-state index is 0.0178. The SMILES string of the molecule is COc1ccc(S(=O)(=O)N2C3CN(C(=O)Nc4ccccc4)CCC3CC2(OCc2ccccc2)C(N)=O)cc1. The Kier molecular flexibility index (Phi) is 7.79. The number of amides is 3. The third kappa shape index (κ3) is 5.27. The van der Waals surface area contributed by atoms with Crippen molar-refractivity contribution in [1.82, 2.24) is 9.21 Å². The summed E-state index contributed by atoms with van der Waals surface area (Å²) < 4.78 is 41.0. The first-order valence-corrected chi connectivity index (χ1v) is 14.5. The highest BCUT2D eigenvalue weighted by Gasteiger charge is 2.62. The maximum absolute atomic E-state index is 14.3. The van der Waals surface area contributed by atoms with Crippen molar-refractivity contribution in [3.8, 4) is 5.75 Å². The molecule has 10 nitrogen and oxygen atoms in total. The van der Waals surface area contributed by atoms with Crippen LogP contribution in [0.4, 0.5) is 10.5 Å². The summed E-state index contributed by atoms with van der Waals surface area (Å²) in [5.74, 6) is -0.659. The lowest BCUT2D eigenvalue weighted by Crippen LogP contribution is -2.61. The number of carbonyl (C=O) groups is 2. The van der Waals surface area contributed by atoms with Crippen molar-refractivity contribution in [1.29, 1.82) is 0 Å². The first kappa shape index (κ1) is 27.6. The van der Waals surface area contributed by atoms with Crippen LogP contribution in [0.3, 0.4) is 0 Å². The summed E-state index contributed by atoms with van der Waals surface area (Å²) in [6.07, 6.45) is 0.564. The monoisotopic (exact) mass is 564 g/mol. The van der Waals surface area contributed by atoms with Crippen molar-refractivity contribution in [2.45, 2.75) is 36.1 Å². The first-order chi connectivity index (χ1) is 19.2. The summed E-state index contributed by atoms with van der Waals surface area (Å²) in [5.41, 5.74) is 5.43. The molecule has 2 aliphatic heterocycles. The highest BCUT2D eigenvalue weighted by molar-refractivity contribution is 7.89. The van der Waals surface area contributed by atoms with Crippen LogP contribution in [0.1, 0.15) is 18.4 Å². The van der Waals surface area contributed by atoms with Crippen LogP contribution >= 0.6 is 0 Å². The standard InChI is InChI=1S/C29H32N4O6S/c1-38-24-12-14-25(15-13-24)40(36,37)33-26-19-32(28(35)31-23-10-6-3-7-11-23)17-16-22(26)18-29(33,27(30)34)39-20-21-8-4-2-5-9-21/h2-15,22,26H,16-20H2,1H3,(H2,30,34)(H,31,35). The molecular weight excluding hydrogens is 532 g/mol. The topological polar surface area (TPSA) is 131 Å². The molecule has 11 heteroatoms. The summed E-state index contributed by atoms with van der Waals surface area (Å²) in [4.78, 5) is 27.9. The number of methoxy groups -OCH3 is 1. The highest BCUT2D eigenvalue weighted by Crippen LogP contribution is 2.47. The molecule has 2 fully saturated rings. The van der Waals surface area contributed by atoms with Gasteiger partial charge in [-0.3, -0.25) is 4.79 Å². The predicted octanol–water partition coefficient (Wildman–Crippen LogP) is 3.41. The fourth-order valence-corrected chi connectivity index (χ4v) is 7.43. The van der Waals surface area contributed by atoms with Crippen LogP contribution < -0.4 is 15.8 Å². The Morgan fingerprint density at radius 1 is 1.00 bits per heavy atom. The number of ether oxygens (including phenoxy) is 2. The number of hydrogen-bond acceptors (Lipinski definition) is 6. The molecule has 3 atom stereocenters. The number of para-hydroxylation sites is 1. The lowest BCUT2D eigenvalue weighted by Gasteiger charge is -2.40. The molecule has 0 aromatic heterocycles. The summed E-state index contributed by atoms with van der Waals surface area (Å²) in [6.45, 7) is 0.447. The lowest BCUT2D eigenvalue weighted by molar-refractivity contribution is -0.162. The number of sulfonamides is 1. The number of benzene rings is 3. The van der Waals surface area contributed by atoms with Gasteiger partial charge in [0.25, 0.3) is 5.91 Å². The van der Waals surface area contributed by atoms with Crippen LogP contribution in [0.15, 0.2) is 89.8 Å². The molecule has 2 aliphatic rings. The number of piperidine rings is 1. The van der Waals surface area contributed by atoms with Gasteiger partial charge in [-0.15, -0.1) is 0 Å². The second-order valence-electron chi connectivity index (χ2n) is 9.96. The number of urea groups is 1. The summed E-state index contributed by atoms with van der Waals surface area (Å²) in [6, 6.07) is 23.0. The first-order valence-electron chi connectivity index (χ1n) is 13.0. The molecule has 2 heterocycles. The maximum Gasteiger partial charge on any atom is 0.321 e. The molecule has 0 saturated carbocycles. The smallest absolute Gasteiger partial charge is 0.321 e. The van der Waals surface area contributed by atoms with E-state index in [0.29, 0.717) is 24.4 Å². The van der Waals surface area contributed by atoms with Crippen molar-refractivity contribution in [2.75, 3.05) is 25.5 Å². The average molecular weight is 565 g/mol. The van der Waals surface area contributed by atoms with Gasteiger partial charge in [0, 0.05) is 31.2 Å². The van der Waals surface area contributed by atoms with Crippen LogP contribution in [-0.4, -0.2) is 61.5 Å². The van der Waals surface area contributed by atoms with Gasteiger partial charge in [-0.25, -0.2) is 13.2 Å². The average Bonchev–Trinajstić information content (AvgIpc) is 3.33. The van der Waals surface area contributed by atoms with Crippen LogP contribution in [0.5, 0.6) is 5.75 Å². The second-order valence-corrected chi connectivity index (χ2v) is 11.8. The Hall–Kier alpha value is -3.93. The Labute approximate surface area is 233 Å². The van der Waals surface area contributed by atoms with Gasteiger partial charge in [-0.1, -0.05) is 48.5 Å². The van der Waals surface area contributed by atoms with Crippen molar-refractivity contribution < 1.29 is 27.5 Å². The van der Waals surface area contributed by atoms with E-state index in [0.717, 1.165) is 9.87 Å². The molecule has 40 heavy (non-hydrogen) atoms. The van der Waals surface area contributed by atoms with Gasteiger partial charge in [0.1, 0.15) is 5.75 Å². The maximum atomic E-state index is 14.3. The molecule has 5 rings (SSSR count). The molecule has 3 aromatic rings. The van der Waals surface area contributed by atoms with E-state index in [4.69, 9.17) is 15.2 Å². The number of nitrogens with one attached hydrogen (secondary N) is 1. The van der Waals surface area contributed by atoms with Crippen molar-refractivity contribution in [2.24, 2.45) is 11.7 Å². The number of anilines is 1. The second kappa shape index (κ2) is 11.3. The van der Waals surface area contributed by atoms with Gasteiger partial charge in [-0.05, 0) is 54.3 Å². The summed E-state index contributed by atoms with van der Waals surface area (Å²) in [5, 5.41) is 2.86. The number of likely N-dealkylation sites (tertiary alicyclic amines) is 1. The van der Waals surface area contributed by atoms with E-state index < -0.39 is 27.7 Å². The Bertz CT molecular complexity index is 1450. The number of primary amides is 1. The molecule has 0 bridgehead atoms. The molecule has 0 radical (unpaired) electrons. The molecule has 210 valence electrons. The number of nitrogens with zero attached hydrogens (tertiary/aromatic N) is 2. The third-order valence-electron chi connectivity index (χ3n) is 7.55. The summed E-state index contributed by atoms with van der Waals surface area (Å²) >= 11 is 0. The number of fused-ring (bicyclic) bond motifs is 1. The van der Waals surface area contributed by atoms with Gasteiger partial charge in [0.05, 0.1) is 18.6 Å². The summed E-state index contributed by atoms with van der Waals surface area (Å²) in [7, 11) is -2.82. The molecule has 0 aliphatic carbocycles. The number of hydrogen-bond donors (Lipinski definition) is 2. The zero-order valence-electron chi connectivity index (χ0n) is 22.1. The van der Waals surface area contributed by atoms with Crippen LogP contribution in [-0.2, 0) is 26.2 Å². The number of nitrogens with two attached hydrogens (primary N) is 1. The van der Waals surface area contributed by atoms with Gasteiger partial charge in [0.2, 0.25) is 15.7 Å². The molecule has 3 N–H and O–H groups in total. The van der Waals surface area contributed by atoms with Crippen molar-refractivity contribution in [3.63, 3.8) is 0 Å². The van der Waals surface area contributed by atoms with E-state index in [2.05, 4.69) is 5.32 Å². The Morgan fingerprint density at radius 2 is 1.65 bits per heavy atom. The fraction of sp³-hybridized carbons (Fsp3) is 0.310. The largest absolute Gasteiger partial charge is 0.497 e. The van der Waals surface area contributed by atoms with Gasteiger partial charge in [-0.2, -0.15) is 4.31 Å². The predicted molar refractivity (Wildman–Crippen MR) is 149 cm³/mol. The van der Waals surface area contributed by atoms with E-state index in [1.807, 2.05) is 48.5 Å². The fourth-order valence-electron chi connectivity index (χ4n) is 5.52. The van der Waals surface area contributed by atoms with Crippen molar-refractivity contribution in [3.05, 3.63) is 90.5 Å². The molecule has 2 saturated heterocycles. The minimum atomic E-state index is -4.31. The van der Waals surface area contributed by atoms with Crippen LogP contribution in [0.2, 0.25) is 0 Å². The minimum Gasteiger partial charge on any atom is -0.497 e. The van der Waals surface area contributed by atoms with Crippen LogP contribution in [0.25, 0.3) is 0 Å². The normalized spacial score (nSPS) is 22.9.